The second-order valence-electron chi connectivity index (χ2n) is 5.46. The van der Waals surface area contributed by atoms with Gasteiger partial charge in [0.2, 0.25) is 0 Å². The van der Waals surface area contributed by atoms with E-state index in [0.717, 1.165) is 11.1 Å². The highest BCUT2D eigenvalue weighted by molar-refractivity contribution is 6.30. The van der Waals surface area contributed by atoms with E-state index in [9.17, 15) is 9.18 Å². The molecule has 122 valence electrons. The van der Waals surface area contributed by atoms with Crippen LogP contribution in [0.15, 0.2) is 48.5 Å². The van der Waals surface area contributed by atoms with Gasteiger partial charge in [-0.2, -0.15) is 5.10 Å². The van der Waals surface area contributed by atoms with Crippen LogP contribution in [0.1, 0.15) is 21.6 Å². The fourth-order valence-corrected chi connectivity index (χ4v) is 2.44. The van der Waals surface area contributed by atoms with E-state index in [0.29, 0.717) is 17.0 Å². The third-order valence-corrected chi connectivity index (χ3v) is 3.90. The van der Waals surface area contributed by atoms with Crippen LogP contribution in [0.25, 0.3) is 11.3 Å². The van der Waals surface area contributed by atoms with Crippen LogP contribution in [-0.4, -0.2) is 16.1 Å². The highest BCUT2D eigenvalue weighted by Gasteiger charge is 2.11. The number of nitrogens with one attached hydrogen (secondary N) is 2. The average molecular weight is 344 g/mol. The van der Waals surface area contributed by atoms with E-state index in [2.05, 4.69) is 15.5 Å². The maximum absolute atomic E-state index is 13.1. The molecule has 0 atom stereocenters. The maximum atomic E-state index is 13.1. The first-order chi connectivity index (χ1) is 11.5. The van der Waals surface area contributed by atoms with Crippen molar-refractivity contribution in [3.8, 4) is 11.3 Å². The fraction of sp³-hybridized carbons (Fsp3) is 0.111. The average Bonchev–Trinajstić information content (AvgIpc) is 3.06. The molecular formula is C18H15ClFN3O. The quantitative estimate of drug-likeness (QED) is 0.749. The van der Waals surface area contributed by atoms with Crippen LogP contribution in [0.4, 0.5) is 4.39 Å². The lowest BCUT2D eigenvalue weighted by molar-refractivity contribution is 0.0946. The number of benzene rings is 2. The molecule has 1 aromatic heterocycles. The molecule has 6 heteroatoms. The Balaban J connectivity index is 1.67. The van der Waals surface area contributed by atoms with Gasteiger partial charge in [0, 0.05) is 12.1 Å². The van der Waals surface area contributed by atoms with Gasteiger partial charge in [0.1, 0.15) is 11.5 Å². The molecule has 3 aromatic rings. The van der Waals surface area contributed by atoms with Crippen LogP contribution in [0.2, 0.25) is 5.02 Å². The number of hydrogen-bond acceptors (Lipinski definition) is 2. The number of hydrogen-bond donors (Lipinski definition) is 2. The molecule has 0 bridgehead atoms. The number of aryl methyl sites for hydroxylation is 1. The molecule has 0 aliphatic rings. The van der Waals surface area contributed by atoms with Crippen molar-refractivity contribution in [2.24, 2.45) is 0 Å². The van der Waals surface area contributed by atoms with E-state index >= 15 is 0 Å². The summed E-state index contributed by atoms with van der Waals surface area (Å²) in [4.78, 5) is 12.2. The van der Waals surface area contributed by atoms with Gasteiger partial charge in [-0.05, 0) is 30.7 Å². The summed E-state index contributed by atoms with van der Waals surface area (Å²) in [5.41, 5.74) is 3.86. The zero-order valence-electron chi connectivity index (χ0n) is 12.9. The largest absolute Gasteiger partial charge is 0.347 e. The Labute approximate surface area is 143 Å². The molecule has 0 aliphatic heterocycles. The second kappa shape index (κ2) is 6.84. The molecule has 1 amide bonds. The Kier molecular flexibility index (Phi) is 4.62. The molecule has 1 heterocycles. The van der Waals surface area contributed by atoms with Crippen LogP contribution in [0.5, 0.6) is 0 Å². The molecule has 0 saturated heterocycles. The summed E-state index contributed by atoms with van der Waals surface area (Å²) < 4.78 is 13.1. The number of carbonyl (C=O) groups excluding carboxylic acids is 1. The van der Waals surface area contributed by atoms with E-state index in [1.54, 1.807) is 12.1 Å². The molecule has 2 N–H and O–H groups in total. The number of H-pyrrole nitrogens is 1. The molecule has 0 spiro atoms. The van der Waals surface area contributed by atoms with Crippen molar-refractivity contribution in [3.05, 3.63) is 76.2 Å². The summed E-state index contributed by atoms with van der Waals surface area (Å²) in [6.45, 7) is 2.26. The number of halogens is 2. The van der Waals surface area contributed by atoms with Crippen molar-refractivity contribution in [2.45, 2.75) is 13.5 Å². The highest BCUT2D eigenvalue weighted by Crippen LogP contribution is 2.18. The minimum Gasteiger partial charge on any atom is -0.347 e. The highest BCUT2D eigenvalue weighted by atomic mass is 35.5. The van der Waals surface area contributed by atoms with Gasteiger partial charge in [-0.25, -0.2) is 4.39 Å². The third-order valence-electron chi connectivity index (χ3n) is 3.61. The number of carbonyl (C=O) groups is 1. The van der Waals surface area contributed by atoms with Crippen LogP contribution in [0.3, 0.4) is 0 Å². The third kappa shape index (κ3) is 3.63. The molecule has 0 unspecified atom stereocenters. The van der Waals surface area contributed by atoms with Crippen molar-refractivity contribution < 1.29 is 9.18 Å². The van der Waals surface area contributed by atoms with Gasteiger partial charge >= 0.3 is 0 Å². The van der Waals surface area contributed by atoms with Gasteiger partial charge in [0.25, 0.3) is 5.91 Å². The molecule has 0 aliphatic carbocycles. The molecule has 0 radical (unpaired) electrons. The maximum Gasteiger partial charge on any atom is 0.269 e. The predicted molar refractivity (Wildman–Crippen MR) is 91.3 cm³/mol. The van der Waals surface area contributed by atoms with Crippen molar-refractivity contribution in [3.63, 3.8) is 0 Å². The van der Waals surface area contributed by atoms with E-state index in [1.807, 2.05) is 31.2 Å². The van der Waals surface area contributed by atoms with E-state index < -0.39 is 5.82 Å². The van der Waals surface area contributed by atoms with Gasteiger partial charge in [0.15, 0.2) is 0 Å². The van der Waals surface area contributed by atoms with Crippen LogP contribution in [-0.2, 0) is 6.54 Å². The Morgan fingerprint density at radius 3 is 2.67 bits per heavy atom. The summed E-state index contributed by atoms with van der Waals surface area (Å²) >= 11 is 5.72. The van der Waals surface area contributed by atoms with E-state index in [4.69, 9.17) is 11.6 Å². The van der Waals surface area contributed by atoms with E-state index in [-0.39, 0.29) is 17.5 Å². The first-order valence-corrected chi connectivity index (χ1v) is 7.75. The monoisotopic (exact) mass is 343 g/mol. The molecule has 3 rings (SSSR count). The normalized spacial score (nSPS) is 10.6. The number of rotatable bonds is 4. The van der Waals surface area contributed by atoms with Crippen molar-refractivity contribution in [2.75, 3.05) is 0 Å². The molecule has 4 nitrogen and oxygen atoms in total. The second-order valence-corrected chi connectivity index (χ2v) is 5.87. The van der Waals surface area contributed by atoms with Gasteiger partial charge in [-0.1, -0.05) is 47.5 Å². The predicted octanol–water partition coefficient (Wildman–Crippen LogP) is 4.11. The van der Waals surface area contributed by atoms with E-state index in [1.165, 1.54) is 12.1 Å². The summed E-state index contributed by atoms with van der Waals surface area (Å²) in [5, 5.41) is 9.67. The Bertz CT molecular complexity index is 874. The van der Waals surface area contributed by atoms with Gasteiger partial charge in [0.05, 0.1) is 10.7 Å². The molecule has 0 fully saturated rings. The zero-order chi connectivity index (χ0) is 17.1. The standard InChI is InChI=1S/C18H15ClFN3O/c1-11-2-5-13(6-3-11)16-9-17(23-22-16)18(24)21-10-12-4-7-15(20)14(19)8-12/h2-9H,10H2,1H3,(H,21,24)(H,22,23). The van der Waals surface area contributed by atoms with Gasteiger partial charge < -0.3 is 5.32 Å². The summed E-state index contributed by atoms with van der Waals surface area (Å²) in [6.07, 6.45) is 0. The fourth-order valence-electron chi connectivity index (χ4n) is 2.24. The summed E-state index contributed by atoms with van der Waals surface area (Å²) in [7, 11) is 0. The lowest BCUT2D eigenvalue weighted by Crippen LogP contribution is -2.23. The zero-order valence-corrected chi connectivity index (χ0v) is 13.7. The molecule has 24 heavy (non-hydrogen) atoms. The number of nitrogens with zero attached hydrogens (tertiary/aromatic N) is 1. The van der Waals surface area contributed by atoms with Crippen molar-refractivity contribution in [1.82, 2.24) is 15.5 Å². The van der Waals surface area contributed by atoms with Crippen molar-refractivity contribution >= 4 is 17.5 Å². The summed E-state index contributed by atoms with van der Waals surface area (Å²) in [5.74, 6) is -0.774. The number of aromatic amines is 1. The Hall–Kier alpha value is -2.66. The lowest BCUT2D eigenvalue weighted by atomic mass is 10.1. The van der Waals surface area contributed by atoms with Crippen molar-refractivity contribution in [1.29, 1.82) is 0 Å². The first-order valence-electron chi connectivity index (χ1n) is 7.37. The minimum absolute atomic E-state index is 0.0324. The number of aromatic nitrogens is 2. The number of amides is 1. The minimum atomic E-state index is -0.483. The molecular weight excluding hydrogens is 329 g/mol. The van der Waals surface area contributed by atoms with Crippen LogP contribution in [0, 0.1) is 12.7 Å². The Morgan fingerprint density at radius 2 is 1.96 bits per heavy atom. The lowest BCUT2D eigenvalue weighted by Gasteiger charge is -2.04. The topological polar surface area (TPSA) is 57.8 Å². The first kappa shape index (κ1) is 16.2. The van der Waals surface area contributed by atoms with Crippen LogP contribution < -0.4 is 5.32 Å². The Morgan fingerprint density at radius 1 is 1.21 bits per heavy atom. The smallest absolute Gasteiger partial charge is 0.269 e. The molecule has 2 aromatic carbocycles. The SMILES string of the molecule is Cc1ccc(-c2cc(C(=O)NCc3ccc(F)c(Cl)c3)[nH]n2)cc1. The van der Waals surface area contributed by atoms with Gasteiger partial charge in [-0.15, -0.1) is 0 Å². The summed E-state index contributed by atoms with van der Waals surface area (Å²) in [6, 6.07) is 13.9. The van der Waals surface area contributed by atoms with Gasteiger partial charge in [-0.3, -0.25) is 9.89 Å². The van der Waals surface area contributed by atoms with Crippen LogP contribution >= 0.6 is 11.6 Å². The molecule has 0 saturated carbocycles.